The van der Waals surface area contributed by atoms with Crippen LogP contribution in [0.15, 0.2) is 54.6 Å². The standard InChI is InChI=1S/C18H20ClNO3S/c19-16-10-8-15(9-11-16)14-24(21,22)20-12-4-7-18(13-20)23-17-5-2-1-3-6-17/h1-3,5-6,8-11,18H,4,7,12-14H2. The summed E-state index contributed by atoms with van der Waals surface area (Å²) in [7, 11) is -3.36. The zero-order valence-electron chi connectivity index (χ0n) is 13.3. The first-order valence-corrected chi connectivity index (χ1v) is 9.96. The summed E-state index contributed by atoms with van der Waals surface area (Å²) in [4.78, 5) is 0. The lowest BCUT2D eigenvalue weighted by Gasteiger charge is -2.32. The van der Waals surface area contributed by atoms with Gasteiger partial charge in [-0.15, -0.1) is 0 Å². The molecule has 0 aliphatic carbocycles. The van der Waals surface area contributed by atoms with Gasteiger partial charge in [-0.3, -0.25) is 0 Å². The van der Waals surface area contributed by atoms with E-state index in [9.17, 15) is 8.42 Å². The summed E-state index contributed by atoms with van der Waals surface area (Å²) >= 11 is 5.85. The van der Waals surface area contributed by atoms with Crippen molar-refractivity contribution in [1.29, 1.82) is 0 Å². The van der Waals surface area contributed by atoms with Crippen LogP contribution in [0.5, 0.6) is 5.75 Å². The van der Waals surface area contributed by atoms with Crippen molar-refractivity contribution >= 4 is 21.6 Å². The van der Waals surface area contributed by atoms with Crippen LogP contribution in [0.1, 0.15) is 18.4 Å². The van der Waals surface area contributed by atoms with E-state index in [0.29, 0.717) is 18.1 Å². The lowest BCUT2D eigenvalue weighted by atomic mass is 10.1. The van der Waals surface area contributed by atoms with Crippen molar-refractivity contribution in [3.63, 3.8) is 0 Å². The number of piperidine rings is 1. The molecule has 0 radical (unpaired) electrons. The van der Waals surface area contributed by atoms with Crippen molar-refractivity contribution in [3.8, 4) is 5.75 Å². The van der Waals surface area contributed by atoms with E-state index >= 15 is 0 Å². The first-order valence-electron chi connectivity index (χ1n) is 7.97. The van der Waals surface area contributed by atoms with Crippen molar-refractivity contribution in [2.24, 2.45) is 0 Å². The highest BCUT2D eigenvalue weighted by Crippen LogP contribution is 2.22. The Hall–Kier alpha value is -1.56. The molecule has 0 amide bonds. The molecule has 0 saturated carbocycles. The lowest BCUT2D eigenvalue weighted by Crippen LogP contribution is -2.44. The van der Waals surface area contributed by atoms with Gasteiger partial charge < -0.3 is 4.74 Å². The van der Waals surface area contributed by atoms with Gasteiger partial charge in [0.2, 0.25) is 10.0 Å². The molecule has 1 atom stereocenters. The molecule has 2 aromatic rings. The molecule has 1 saturated heterocycles. The van der Waals surface area contributed by atoms with Crippen molar-refractivity contribution in [3.05, 3.63) is 65.2 Å². The number of ether oxygens (including phenoxy) is 1. The van der Waals surface area contributed by atoms with E-state index in [0.717, 1.165) is 24.2 Å². The van der Waals surface area contributed by atoms with Crippen molar-refractivity contribution in [2.75, 3.05) is 13.1 Å². The predicted octanol–water partition coefficient (Wildman–Crippen LogP) is 3.71. The molecular formula is C18H20ClNO3S. The van der Waals surface area contributed by atoms with E-state index in [-0.39, 0.29) is 11.9 Å². The molecule has 1 aliphatic rings. The number of nitrogens with zero attached hydrogens (tertiary/aromatic N) is 1. The van der Waals surface area contributed by atoms with Gasteiger partial charge in [0.25, 0.3) is 0 Å². The van der Waals surface area contributed by atoms with Gasteiger partial charge >= 0.3 is 0 Å². The predicted molar refractivity (Wildman–Crippen MR) is 95.7 cm³/mol. The number of rotatable bonds is 5. The lowest BCUT2D eigenvalue weighted by molar-refractivity contribution is 0.129. The third kappa shape index (κ3) is 4.50. The number of hydrogen-bond donors (Lipinski definition) is 0. The van der Waals surface area contributed by atoms with Gasteiger partial charge in [-0.1, -0.05) is 41.9 Å². The van der Waals surface area contributed by atoms with Crippen LogP contribution in [0.25, 0.3) is 0 Å². The molecule has 1 unspecified atom stereocenters. The van der Waals surface area contributed by atoms with Crippen LogP contribution in [0.3, 0.4) is 0 Å². The van der Waals surface area contributed by atoms with E-state index in [1.165, 1.54) is 0 Å². The normalized spacial score (nSPS) is 19.1. The monoisotopic (exact) mass is 365 g/mol. The van der Waals surface area contributed by atoms with Crippen LogP contribution in [0.2, 0.25) is 5.02 Å². The Kier molecular flexibility index (Phi) is 5.43. The van der Waals surface area contributed by atoms with Gasteiger partial charge in [0.15, 0.2) is 0 Å². The maximum Gasteiger partial charge on any atom is 0.218 e. The van der Waals surface area contributed by atoms with Gasteiger partial charge in [0, 0.05) is 11.6 Å². The molecule has 24 heavy (non-hydrogen) atoms. The highest BCUT2D eigenvalue weighted by Gasteiger charge is 2.30. The molecular weight excluding hydrogens is 346 g/mol. The minimum absolute atomic E-state index is 0.0117. The average molecular weight is 366 g/mol. The maximum absolute atomic E-state index is 12.7. The summed E-state index contributed by atoms with van der Waals surface area (Å²) in [5, 5.41) is 0.602. The largest absolute Gasteiger partial charge is 0.489 e. The number of sulfonamides is 1. The second-order valence-electron chi connectivity index (χ2n) is 5.94. The summed E-state index contributed by atoms with van der Waals surface area (Å²) in [6.45, 7) is 0.940. The molecule has 1 heterocycles. The Morgan fingerprint density at radius 1 is 1.08 bits per heavy atom. The van der Waals surface area contributed by atoms with E-state index < -0.39 is 10.0 Å². The molecule has 0 spiro atoms. The molecule has 3 rings (SSSR count). The molecule has 128 valence electrons. The minimum atomic E-state index is -3.36. The van der Waals surface area contributed by atoms with Crippen LogP contribution in [-0.4, -0.2) is 31.9 Å². The fraction of sp³-hybridized carbons (Fsp3) is 0.333. The zero-order chi connectivity index (χ0) is 17.0. The summed E-state index contributed by atoms with van der Waals surface area (Å²) < 4.78 is 32.8. The first-order chi connectivity index (χ1) is 11.5. The molecule has 2 aromatic carbocycles. The van der Waals surface area contributed by atoms with Crippen LogP contribution in [0, 0.1) is 0 Å². The third-order valence-corrected chi connectivity index (χ3v) is 6.11. The van der Waals surface area contributed by atoms with Gasteiger partial charge in [-0.2, -0.15) is 4.31 Å². The van der Waals surface area contributed by atoms with Gasteiger partial charge in [-0.05, 0) is 42.7 Å². The Balaban J connectivity index is 1.65. The Bertz CT molecular complexity index is 763. The number of hydrogen-bond acceptors (Lipinski definition) is 3. The molecule has 0 aromatic heterocycles. The van der Waals surface area contributed by atoms with Crippen LogP contribution in [-0.2, 0) is 15.8 Å². The van der Waals surface area contributed by atoms with E-state index in [2.05, 4.69) is 0 Å². The maximum atomic E-state index is 12.7. The van der Waals surface area contributed by atoms with Crippen molar-refractivity contribution < 1.29 is 13.2 Å². The Morgan fingerprint density at radius 3 is 2.50 bits per heavy atom. The van der Waals surface area contributed by atoms with Crippen molar-refractivity contribution in [2.45, 2.75) is 24.7 Å². The molecule has 6 heteroatoms. The quantitative estimate of drug-likeness (QED) is 0.811. The van der Waals surface area contributed by atoms with E-state index in [1.807, 2.05) is 30.3 Å². The second-order valence-corrected chi connectivity index (χ2v) is 8.34. The number of para-hydroxylation sites is 1. The Morgan fingerprint density at radius 2 is 1.79 bits per heavy atom. The minimum Gasteiger partial charge on any atom is -0.489 e. The fourth-order valence-corrected chi connectivity index (χ4v) is 4.55. The van der Waals surface area contributed by atoms with Crippen molar-refractivity contribution in [1.82, 2.24) is 4.31 Å². The SMILES string of the molecule is O=S(=O)(Cc1ccc(Cl)cc1)N1CCCC(Oc2ccccc2)C1. The first kappa shape index (κ1) is 17.3. The van der Waals surface area contributed by atoms with E-state index in [4.69, 9.17) is 16.3 Å². The average Bonchev–Trinajstić information content (AvgIpc) is 2.58. The Labute approximate surface area is 148 Å². The molecule has 0 N–H and O–H groups in total. The smallest absolute Gasteiger partial charge is 0.218 e. The molecule has 0 bridgehead atoms. The van der Waals surface area contributed by atoms with Crippen LogP contribution < -0.4 is 4.74 Å². The fourth-order valence-electron chi connectivity index (χ4n) is 2.83. The molecule has 1 aliphatic heterocycles. The third-order valence-electron chi connectivity index (χ3n) is 4.04. The molecule has 4 nitrogen and oxygen atoms in total. The van der Waals surface area contributed by atoms with Crippen LogP contribution in [0.4, 0.5) is 0 Å². The number of halogens is 1. The van der Waals surface area contributed by atoms with Crippen LogP contribution >= 0.6 is 11.6 Å². The summed E-state index contributed by atoms with van der Waals surface area (Å²) in [5.41, 5.74) is 0.741. The topological polar surface area (TPSA) is 46.6 Å². The number of benzene rings is 2. The van der Waals surface area contributed by atoms with E-state index in [1.54, 1.807) is 28.6 Å². The summed E-state index contributed by atoms with van der Waals surface area (Å²) in [5.74, 6) is 0.766. The molecule has 1 fully saturated rings. The highest BCUT2D eigenvalue weighted by molar-refractivity contribution is 7.88. The van der Waals surface area contributed by atoms with Gasteiger partial charge in [0.05, 0.1) is 12.3 Å². The second kappa shape index (κ2) is 7.55. The van der Waals surface area contributed by atoms with Gasteiger partial charge in [-0.25, -0.2) is 8.42 Å². The summed E-state index contributed by atoms with van der Waals surface area (Å²) in [6, 6.07) is 16.5. The zero-order valence-corrected chi connectivity index (χ0v) is 14.8. The van der Waals surface area contributed by atoms with Gasteiger partial charge in [0.1, 0.15) is 11.9 Å². The highest BCUT2D eigenvalue weighted by atomic mass is 35.5. The summed E-state index contributed by atoms with van der Waals surface area (Å²) in [6.07, 6.45) is 1.56.